The Morgan fingerprint density at radius 1 is 1.73 bits per heavy atom. The standard InChI is InChI=1S/C7H11NO2Si/c1-6(4-8)7(9)10-5-11(2)3/h11H,1,5H2,2-3H3. The lowest BCUT2D eigenvalue weighted by Gasteiger charge is -2.03. The lowest BCUT2D eigenvalue weighted by Crippen LogP contribution is -2.16. The molecule has 0 atom stereocenters. The van der Waals surface area contributed by atoms with Crippen molar-refractivity contribution < 1.29 is 9.53 Å². The summed E-state index contributed by atoms with van der Waals surface area (Å²) < 4.78 is 4.76. The number of hydrogen-bond acceptors (Lipinski definition) is 3. The Balaban J connectivity index is 3.73. The van der Waals surface area contributed by atoms with E-state index in [1.807, 2.05) is 0 Å². The van der Waals surface area contributed by atoms with Crippen molar-refractivity contribution in [3.63, 3.8) is 0 Å². The fourth-order valence-electron chi connectivity index (χ4n) is 0.375. The molecule has 0 saturated heterocycles. The molecule has 4 heteroatoms. The van der Waals surface area contributed by atoms with E-state index in [1.54, 1.807) is 6.07 Å². The van der Waals surface area contributed by atoms with Gasteiger partial charge in [0.2, 0.25) is 0 Å². The SMILES string of the molecule is C=C(C#N)C(=O)OC[SiH](C)C. The Hall–Kier alpha value is -1.08. The van der Waals surface area contributed by atoms with E-state index in [1.165, 1.54) is 0 Å². The van der Waals surface area contributed by atoms with Crippen molar-refractivity contribution in [2.75, 3.05) is 6.23 Å². The molecule has 0 bridgehead atoms. The van der Waals surface area contributed by atoms with E-state index in [-0.39, 0.29) is 5.57 Å². The zero-order valence-corrected chi connectivity index (χ0v) is 7.91. The second-order valence-corrected chi connectivity index (χ2v) is 5.70. The molecule has 0 aromatic heterocycles. The van der Waals surface area contributed by atoms with Crippen LogP contribution in [-0.4, -0.2) is 21.0 Å². The minimum absolute atomic E-state index is 0.125. The molecule has 0 unspecified atom stereocenters. The molecule has 60 valence electrons. The molecule has 0 fully saturated rings. The molecule has 0 rings (SSSR count). The number of nitrogens with zero attached hydrogens (tertiary/aromatic N) is 1. The highest BCUT2D eigenvalue weighted by Crippen LogP contribution is 1.92. The Kier molecular flexibility index (Phi) is 4.23. The minimum atomic E-state index is -0.873. The van der Waals surface area contributed by atoms with Gasteiger partial charge in [0.1, 0.15) is 11.6 Å². The predicted molar refractivity (Wildman–Crippen MR) is 44.6 cm³/mol. The smallest absolute Gasteiger partial charge is 0.347 e. The molecular weight excluding hydrogens is 158 g/mol. The molecule has 0 aliphatic carbocycles. The first kappa shape index (κ1) is 9.92. The fraction of sp³-hybridized carbons (Fsp3) is 0.429. The Bertz CT molecular complexity index is 205. The molecule has 0 amide bonds. The first-order valence-corrected chi connectivity index (χ1v) is 6.46. The van der Waals surface area contributed by atoms with Gasteiger partial charge in [-0.3, -0.25) is 0 Å². The second-order valence-electron chi connectivity index (χ2n) is 2.58. The summed E-state index contributed by atoms with van der Waals surface area (Å²) in [5.74, 6) is -0.589. The Morgan fingerprint density at radius 3 is 2.64 bits per heavy atom. The van der Waals surface area contributed by atoms with E-state index in [0.29, 0.717) is 6.23 Å². The van der Waals surface area contributed by atoms with Crippen molar-refractivity contribution in [3.8, 4) is 6.07 Å². The average molecular weight is 169 g/mol. The molecule has 11 heavy (non-hydrogen) atoms. The summed E-state index contributed by atoms with van der Waals surface area (Å²) in [6.07, 6.45) is 0.472. The molecule has 0 aromatic carbocycles. The Morgan fingerprint density at radius 2 is 2.27 bits per heavy atom. The lowest BCUT2D eigenvalue weighted by molar-refractivity contribution is -0.136. The van der Waals surface area contributed by atoms with Gasteiger partial charge in [-0.1, -0.05) is 19.7 Å². The van der Waals surface area contributed by atoms with Crippen LogP contribution in [0.1, 0.15) is 0 Å². The van der Waals surface area contributed by atoms with Crippen LogP contribution >= 0.6 is 0 Å². The zero-order chi connectivity index (χ0) is 8.85. The summed E-state index contributed by atoms with van der Waals surface area (Å²) in [5, 5.41) is 8.23. The van der Waals surface area contributed by atoms with Gasteiger partial charge in [0.05, 0.1) is 15.0 Å². The van der Waals surface area contributed by atoms with Gasteiger partial charge < -0.3 is 4.74 Å². The quantitative estimate of drug-likeness (QED) is 0.269. The second kappa shape index (κ2) is 4.69. The van der Waals surface area contributed by atoms with Crippen LogP contribution in [0.4, 0.5) is 0 Å². The highest BCUT2D eigenvalue weighted by Gasteiger charge is 2.07. The summed E-state index contributed by atoms with van der Waals surface area (Å²) in [7, 11) is -0.873. The third-order valence-electron chi connectivity index (χ3n) is 0.929. The van der Waals surface area contributed by atoms with Gasteiger partial charge >= 0.3 is 5.97 Å². The third kappa shape index (κ3) is 4.34. The average Bonchev–Trinajstić information content (AvgIpc) is 1.98. The number of nitriles is 1. The number of ether oxygens (including phenoxy) is 1. The van der Waals surface area contributed by atoms with Gasteiger partial charge in [0.25, 0.3) is 0 Å². The molecule has 0 aliphatic rings. The van der Waals surface area contributed by atoms with Crippen LogP contribution < -0.4 is 0 Å². The number of esters is 1. The van der Waals surface area contributed by atoms with Crippen molar-refractivity contribution in [2.45, 2.75) is 13.1 Å². The summed E-state index contributed by atoms with van der Waals surface area (Å²) in [6.45, 7) is 7.35. The van der Waals surface area contributed by atoms with Gasteiger partial charge in [0.15, 0.2) is 0 Å². The van der Waals surface area contributed by atoms with Crippen molar-refractivity contribution in [1.29, 1.82) is 5.26 Å². The normalized spacial score (nSPS) is 8.91. The lowest BCUT2D eigenvalue weighted by atomic mass is 10.3. The largest absolute Gasteiger partial charge is 0.466 e. The number of carbonyl (C=O) groups excluding carboxylic acids is 1. The van der Waals surface area contributed by atoms with Crippen molar-refractivity contribution in [2.24, 2.45) is 0 Å². The van der Waals surface area contributed by atoms with Crippen molar-refractivity contribution >= 4 is 14.8 Å². The summed E-state index contributed by atoms with van der Waals surface area (Å²) >= 11 is 0. The first-order valence-electron chi connectivity index (χ1n) is 3.34. The molecule has 0 spiro atoms. The fourth-order valence-corrected chi connectivity index (χ4v) is 0.860. The molecule has 0 heterocycles. The van der Waals surface area contributed by atoms with Gasteiger partial charge in [-0.25, -0.2) is 4.79 Å². The van der Waals surface area contributed by atoms with Crippen molar-refractivity contribution in [3.05, 3.63) is 12.2 Å². The number of carbonyl (C=O) groups is 1. The van der Waals surface area contributed by atoms with Crippen LogP contribution in [0.25, 0.3) is 0 Å². The molecule has 0 aromatic rings. The Labute approximate surface area is 67.9 Å². The topological polar surface area (TPSA) is 50.1 Å². The van der Waals surface area contributed by atoms with Crippen LogP contribution in [0, 0.1) is 11.3 Å². The molecule has 0 saturated carbocycles. The summed E-state index contributed by atoms with van der Waals surface area (Å²) in [4.78, 5) is 10.8. The molecule has 0 N–H and O–H groups in total. The van der Waals surface area contributed by atoms with Gasteiger partial charge in [-0.15, -0.1) is 0 Å². The maximum absolute atomic E-state index is 10.8. The van der Waals surface area contributed by atoms with Crippen LogP contribution in [-0.2, 0) is 9.53 Å². The molecular formula is C7H11NO2Si. The van der Waals surface area contributed by atoms with Crippen LogP contribution in [0.3, 0.4) is 0 Å². The van der Waals surface area contributed by atoms with E-state index in [2.05, 4.69) is 19.7 Å². The monoisotopic (exact) mass is 169 g/mol. The van der Waals surface area contributed by atoms with Gasteiger partial charge in [-0.2, -0.15) is 5.26 Å². The first-order chi connectivity index (χ1) is 5.07. The maximum atomic E-state index is 10.8. The highest BCUT2D eigenvalue weighted by atomic mass is 28.3. The zero-order valence-electron chi connectivity index (χ0n) is 6.76. The molecule has 3 nitrogen and oxygen atoms in total. The molecule has 0 radical (unpaired) electrons. The van der Waals surface area contributed by atoms with Gasteiger partial charge in [-0.05, 0) is 0 Å². The number of hydrogen-bond donors (Lipinski definition) is 0. The minimum Gasteiger partial charge on any atom is -0.466 e. The van der Waals surface area contributed by atoms with E-state index in [0.717, 1.165) is 0 Å². The van der Waals surface area contributed by atoms with E-state index >= 15 is 0 Å². The van der Waals surface area contributed by atoms with Gasteiger partial charge in [0, 0.05) is 0 Å². The maximum Gasteiger partial charge on any atom is 0.347 e. The van der Waals surface area contributed by atoms with E-state index in [9.17, 15) is 4.79 Å². The summed E-state index contributed by atoms with van der Waals surface area (Å²) in [5.41, 5.74) is -0.125. The van der Waals surface area contributed by atoms with E-state index < -0.39 is 14.8 Å². The van der Waals surface area contributed by atoms with Crippen LogP contribution in [0.15, 0.2) is 12.2 Å². The molecule has 0 aliphatic heterocycles. The third-order valence-corrected chi connectivity index (χ3v) is 1.76. The summed E-state index contributed by atoms with van der Waals surface area (Å²) in [6, 6.07) is 1.63. The number of rotatable bonds is 3. The highest BCUT2D eigenvalue weighted by molar-refractivity contribution is 6.55. The van der Waals surface area contributed by atoms with E-state index in [4.69, 9.17) is 10.00 Å². The van der Waals surface area contributed by atoms with Crippen LogP contribution in [0.2, 0.25) is 13.1 Å². The van der Waals surface area contributed by atoms with Crippen LogP contribution in [0.5, 0.6) is 0 Å². The van der Waals surface area contributed by atoms with Crippen molar-refractivity contribution in [1.82, 2.24) is 0 Å². The predicted octanol–water partition coefficient (Wildman–Crippen LogP) is 0.635.